The molecule has 1 aromatic heterocycles. The van der Waals surface area contributed by atoms with Crippen LogP contribution in [0.3, 0.4) is 0 Å². The second-order valence-corrected chi connectivity index (χ2v) is 7.52. The van der Waals surface area contributed by atoms with Crippen molar-refractivity contribution in [2.75, 3.05) is 0 Å². The monoisotopic (exact) mass is 359 g/mol. The number of hydrogen-bond donors (Lipinski definition) is 1. The normalized spacial score (nSPS) is 15.0. The fraction of sp³-hybridized carbons (Fsp3) is 0.292. The standard InChI is InChI=1S/C24H25NO2/c26-24-22(15-18-7-3-1-4-8-18)16-23(17-25(24)27)21-13-11-20(12-14-21)19-9-5-2-6-10-19/h1,3-4,7-8,11-14,16-17,19,27H,2,5-6,9-10,15H2. The maximum absolute atomic E-state index is 12.3. The molecule has 2 aromatic carbocycles. The highest BCUT2D eigenvalue weighted by Gasteiger charge is 2.15. The molecule has 4 rings (SSSR count). The molecule has 1 N–H and O–H groups in total. The molecule has 1 saturated carbocycles. The van der Waals surface area contributed by atoms with Gasteiger partial charge in [-0.05, 0) is 41.5 Å². The van der Waals surface area contributed by atoms with Crippen molar-refractivity contribution >= 4 is 0 Å². The highest BCUT2D eigenvalue weighted by atomic mass is 16.5. The molecule has 0 radical (unpaired) electrons. The topological polar surface area (TPSA) is 42.2 Å². The van der Waals surface area contributed by atoms with Gasteiger partial charge in [-0.1, -0.05) is 73.9 Å². The van der Waals surface area contributed by atoms with Gasteiger partial charge >= 0.3 is 0 Å². The van der Waals surface area contributed by atoms with E-state index in [-0.39, 0.29) is 5.56 Å². The number of rotatable bonds is 4. The molecule has 27 heavy (non-hydrogen) atoms. The zero-order valence-electron chi connectivity index (χ0n) is 15.5. The number of nitrogens with zero attached hydrogens (tertiary/aromatic N) is 1. The highest BCUT2D eigenvalue weighted by molar-refractivity contribution is 5.63. The molecule has 1 aliphatic carbocycles. The maximum atomic E-state index is 12.3. The molecule has 138 valence electrons. The van der Waals surface area contributed by atoms with Crippen molar-refractivity contribution in [3.63, 3.8) is 0 Å². The van der Waals surface area contributed by atoms with Gasteiger partial charge in [-0.15, -0.1) is 0 Å². The molecule has 1 aliphatic rings. The van der Waals surface area contributed by atoms with Crippen molar-refractivity contribution in [2.45, 2.75) is 44.4 Å². The first-order chi connectivity index (χ1) is 13.2. The first-order valence-corrected chi connectivity index (χ1v) is 9.80. The van der Waals surface area contributed by atoms with Crippen LogP contribution in [0.1, 0.15) is 54.7 Å². The van der Waals surface area contributed by atoms with Crippen molar-refractivity contribution in [3.05, 3.63) is 93.9 Å². The van der Waals surface area contributed by atoms with Gasteiger partial charge in [-0.2, -0.15) is 4.73 Å². The average Bonchev–Trinajstić information content (AvgIpc) is 2.73. The Labute approximate surface area is 159 Å². The summed E-state index contributed by atoms with van der Waals surface area (Å²) in [4.78, 5) is 12.3. The molecular weight excluding hydrogens is 334 g/mol. The molecular formula is C24H25NO2. The van der Waals surface area contributed by atoms with Gasteiger partial charge in [0.1, 0.15) is 0 Å². The average molecular weight is 359 g/mol. The van der Waals surface area contributed by atoms with E-state index >= 15 is 0 Å². The Bertz CT molecular complexity index is 952. The number of aromatic nitrogens is 1. The number of pyridine rings is 1. The first kappa shape index (κ1) is 17.6. The molecule has 3 aromatic rings. The second-order valence-electron chi connectivity index (χ2n) is 7.52. The van der Waals surface area contributed by atoms with Crippen LogP contribution in [0, 0.1) is 0 Å². The predicted octanol–water partition coefficient (Wildman–Crippen LogP) is 5.39. The lowest BCUT2D eigenvalue weighted by atomic mass is 9.84. The summed E-state index contributed by atoms with van der Waals surface area (Å²) < 4.78 is 0.711. The van der Waals surface area contributed by atoms with E-state index in [1.807, 2.05) is 36.4 Å². The van der Waals surface area contributed by atoms with Gasteiger partial charge in [0.05, 0.1) is 6.20 Å². The Morgan fingerprint density at radius 1 is 0.889 bits per heavy atom. The zero-order valence-corrected chi connectivity index (χ0v) is 15.5. The Hall–Kier alpha value is -2.81. The smallest absolute Gasteiger partial charge is 0.286 e. The van der Waals surface area contributed by atoms with E-state index in [2.05, 4.69) is 24.3 Å². The molecule has 0 bridgehead atoms. The quantitative estimate of drug-likeness (QED) is 0.635. The molecule has 0 amide bonds. The Morgan fingerprint density at radius 3 is 2.30 bits per heavy atom. The van der Waals surface area contributed by atoms with E-state index in [9.17, 15) is 10.0 Å². The lowest BCUT2D eigenvalue weighted by molar-refractivity contribution is 0.174. The Morgan fingerprint density at radius 2 is 1.59 bits per heavy atom. The van der Waals surface area contributed by atoms with Gasteiger partial charge in [0, 0.05) is 17.5 Å². The maximum Gasteiger partial charge on any atom is 0.286 e. The number of hydrogen-bond acceptors (Lipinski definition) is 2. The lowest BCUT2D eigenvalue weighted by Gasteiger charge is -2.22. The van der Waals surface area contributed by atoms with Crippen LogP contribution >= 0.6 is 0 Å². The largest absolute Gasteiger partial charge is 0.425 e. The van der Waals surface area contributed by atoms with Crippen LogP contribution in [-0.2, 0) is 6.42 Å². The van der Waals surface area contributed by atoms with Crippen LogP contribution in [0.15, 0.2) is 71.7 Å². The molecule has 1 heterocycles. The van der Waals surface area contributed by atoms with Gasteiger partial charge in [-0.25, -0.2) is 0 Å². The minimum Gasteiger partial charge on any atom is -0.425 e. The van der Waals surface area contributed by atoms with Crippen molar-refractivity contribution in [1.29, 1.82) is 0 Å². The minimum atomic E-state index is -0.360. The van der Waals surface area contributed by atoms with Crippen LogP contribution in [0.25, 0.3) is 11.1 Å². The summed E-state index contributed by atoms with van der Waals surface area (Å²) in [5.74, 6) is 0.674. The molecule has 0 unspecified atom stereocenters. The first-order valence-electron chi connectivity index (χ1n) is 9.80. The summed E-state index contributed by atoms with van der Waals surface area (Å²) in [6, 6.07) is 20.4. The zero-order chi connectivity index (χ0) is 18.6. The van der Waals surface area contributed by atoms with E-state index in [1.165, 1.54) is 43.9 Å². The fourth-order valence-corrected chi connectivity index (χ4v) is 4.11. The van der Waals surface area contributed by atoms with Crippen LogP contribution in [0.2, 0.25) is 0 Å². The molecule has 0 aliphatic heterocycles. The number of benzene rings is 2. The fourth-order valence-electron chi connectivity index (χ4n) is 4.11. The SMILES string of the molecule is O=c1c(Cc2ccccc2)cc(-c2ccc(C3CCCCC3)cc2)cn1O. The van der Waals surface area contributed by atoms with Crippen molar-refractivity contribution in [2.24, 2.45) is 0 Å². The highest BCUT2D eigenvalue weighted by Crippen LogP contribution is 2.33. The Balaban J connectivity index is 1.62. The summed E-state index contributed by atoms with van der Waals surface area (Å²) in [6.07, 6.45) is 8.58. The van der Waals surface area contributed by atoms with E-state index in [0.717, 1.165) is 16.7 Å². The van der Waals surface area contributed by atoms with Crippen molar-refractivity contribution in [1.82, 2.24) is 4.73 Å². The van der Waals surface area contributed by atoms with Crippen LogP contribution < -0.4 is 5.56 Å². The molecule has 0 saturated heterocycles. The Kier molecular flexibility index (Phi) is 5.10. The van der Waals surface area contributed by atoms with E-state index in [4.69, 9.17) is 0 Å². The summed E-state index contributed by atoms with van der Waals surface area (Å²) in [7, 11) is 0. The van der Waals surface area contributed by atoms with E-state index < -0.39 is 0 Å². The summed E-state index contributed by atoms with van der Waals surface area (Å²) in [5.41, 5.74) is 4.57. The summed E-state index contributed by atoms with van der Waals surface area (Å²) in [6.45, 7) is 0. The summed E-state index contributed by atoms with van der Waals surface area (Å²) in [5, 5.41) is 10.1. The molecule has 3 heteroatoms. The molecule has 0 atom stereocenters. The third-order valence-electron chi connectivity index (χ3n) is 5.63. The molecule has 1 fully saturated rings. The van der Waals surface area contributed by atoms with E-state index in [0.29, 0.717) is 22.6 Å². The molecule has 3 nitrogen and oxygen atoms in total. The summed E-state index contributed by atoms with van der Waals surface area (Å²) >= 11 is 0. The molecule has 0 spiro atoms. The van der Waals surface area contributed by atoms with Gasteiger partial charge in [-0.3, -0.25) is 4.79 Å². The van der Waals surface area contributed by atoms with Gasteiger partial charge in [0.2, 0.25) is 0 Å². The predicted molar refractivity (Wildman–Crippen MR) is 108 cm³/mol. The van der Waals surface area contributed by atoms with E-state index in [1.54, 1.807) is 0 Å². The van der Waals surface area contributed by atoms with Crippen molar-refractivity contribution < 1.29 is 5.21 Å². The third kappa shape index (κ3) is 3.97. The van der Waals surface area contributed by atoms with Crippen molar-refractivity contribution in [3.8, 4) is 11.1 Å². The van der Waals surface area contributed by atoms with Crippen LogP contribution in [-0.4, -0.2) is 9.94 Å². The van der Waals surface area contributed by atoms with Gasteiger partial charge in [0.15, 0.2) is 0 Å². The van der Waals surface area contributed by atoms with Gasteiger partial charge < -0.3 is 5.21 Å². The van der Waals surface area contributed by atoms with Gasteiger partial charge in [0.25, 0.3) is 5.56 Å². The lowest BCUT2D eigenvalue weighted by Crippen LogP contribution is -2.21. The minimum absolute atomic E-state index is 0.360. The van der Waals surface area contributed by atoms with Crippen LogP contribution in [0.4, 0.5) is 0 Å². The van der Waals surface area contributed by atoms with Crippen LogP contribution in [0.5, 0.6) is 0 Å². The third-order valence-corrected chi connectivity index (χ3v) is 5.63. The second kappa shape index (κ2) is 7.83.